The zero-order valence-corrected chi connectivity index (χ0v) is 17.9. The lowest BCUT2D eigenvalue weighted by Gasteiger charge is -2.18. The molecular formula is C22H32N6O. The minimum absolute atomic E-state index is 0.397. The molecule has 7 nitrogen and oxygen atoms in total. The normalized spacial score (nSPS) is 12.3. The first-order valence-corrected chi connectivity index (χ1v) is 10.5. The lowest BCUT2D eigenvalue weighted by Crippen LogP contribution is -2.20. The molecule has 29 heavy (non-hydrogen) atoms. The third-order valence-electron chi connectivity index (χ3n) is 4.97. The van der Waals surface area contributed by atoms with E-state index >= 15 is 0 Å². The van der Waals surface area contributed by atoms with Gasteiger partial charge in [-0.2, -0.15) is 0 Å². The number of pyridine rings is 1. The quantitative estimate of drug-likeness (QED) is 0.464. The Morgan fingerprint density at radius 3 is 2.76 bits per heavy atom. The number of fused-ring (bicyclic) bond motifs is 1. The van der Waals surface area contributed by atoms with E-state index in [1.165, 1.54) is 12.8 Å². The molecule has 7 heteroatoms. The van der Waals surface area contributed by atoms with Crippen molar-refractivity contribution in [1.82, 2.24) is 19.4 Å². The molecule has 3 aromatic heterocycles. The first kappa shape index (κ1) is 21.0. The molecule has 0 aromatic carbocycles. The van der Waals surface area contributed by atoms with Crippen molar-refractivity contribution in [1.29, 1.82) is 0 Å². The van der Waals surface area contributed by atoms with Gasteiger partial charge in [0.25, 0.3) is 0 Å². The van der Waals surface area contributed by atoms with Crippen LogP contribution in [0.3, 0.4) is 0 Å². The zero-order chi connectivity index (χ0) is 20.6. The van der Waals surface area contributed by atoms with Crippen LogP contribution in [0.2, 0.25) is 0 Å². The van der Waals surface area contributed by atoms with E-state index in [4.69, 9.17) is 14.7 Å². The highest BCUT2D eigenvalue weighted by molar-refractivity contribution is 5.62. The highest BCUT2D eigenvalue weighted by atomic mass is 16.5. The van der Waals surface area contributed by atoms with E-state index < -0.39 is 0 Å². The number of methoxy groups -OCH3 is 1. The molecule has 0 saturated heterocycles. The van der Waals surface area contributed by atoms with Gasteiger partial charge in [-0.15, -0.1) is 0 Å². The molecule has 3 aromatic rings. The van der Waals surface area contributed by atoms with Crippen LogP contribution in [0.4, 0.5) is 11.6 Å². The number of imidazole rings is 1. The molecule has 3 heterocycles. The molecule has 0 saturated carbocycles. The number of unbranched alkanes of at least 4 members (excludes halogenated alkanes) is 1. The van der Waals surface area contributed by atoms with E-state index in [1.807, 2.05) is 22.7 Å². The number of aromatic nitrogens is 4. The van der Waals surface area contributed by atoms with Gasteiger partial charge in [0.1, 0.15) is 23.0 Å². The second-order valence-electron chi connectivity index (χ2n) is 7.35. The lowest BCUT2D eigenvalue weighted by atomic mass is 10.1. The highest BCUT2D eigenvalue weighted by Gasteiger charge is 2.14. The number of nitrogens with zero attached hydrogens (tertiary/aromatic N) is 4. The fourth-order valence-electron chi connectivity index (χ4n) is 3.30. The lowest BCUT2D eigenvalue weighted by molar-refractivity contribution is 0.210. The second-order valence-corrected chi connectivity index (χ2v) is 7.35. The van der Waals surface area contributed by atoms with Crippen molar-refractivity contribution in [3.05, 3.63) is 36.2 Å². The van der Waals surface area contributed by atoms with Gasteiger partial charge < -0.3 is 15.4 Å². The molecule has 3 rings (SSSR count). The Labute approximate surface area is 172 Å². The van der Waals surface area contributed by atoms with Gasteiger partial charge in [-0.3, -0.25) is 4.40 Å². The first-order valence-electron chi connectivity index (χ1n) is 10.5. The van der Waals surface area contributed by atoms with Crippen LogP contribution in [0.15, 0.2) is 30.6 Å². The summed E-state index contributed by atoms with van der Waals surface area (Å²) in [5.41, 5.74) is 2.93. The summed E-state index contributed by atoms with van der Waals surface area (Å²) in [4.78, 5) is 14.1. The number of rotatable bonds is 11. The van der Waals surface area contributed by atoms with Crippen LogP contribution < -0.4 is 10.6 Å². The van der Waals surface area contributed by atoms with E-state index in [2.05, 4.69) is 48.7 Å². The SMILES string of the molecule is CCCCC(CC)Nc1cc(NCCOC)nc(-c2cnc3ccc(C)cn23)n1. The van der Waals surface area contributed by atoms with Crippen LogP contribution in [0.25, 0.3) is 17.2 Å². The molecule has 0 bridgehead atoms. The highest BCUT2D eigenvalue weighted by Crippen LogP contribution is 2.23. The van der Waals surface area contributed by atoms with Gasteiger partial charge in [-0.1, -0.05) is 32.8 Å². The Hall–Kier alpha value is -2.67. The van der Waals surface area contributed by atoms with Crippen molar-refractivity contribution in [3.8, 4) is 11.5 Å². The zero-order valence-electron chi connectivity index (χ0n) is 17.9. The van der Waals surface area contributed by atoms with Crippen molar-refractivity contribution in [2.75, 3.05) is 30.9 Å². The Morgan fingerprint density at radius 1 is 1.17 bits per heavy atom. The molecular weight excluding hydrogens is 364 g/mol. The predicted octanol–water partition coefficient (Wildman–Crippen LogP) is 4.54. The monoisotopic (exact) mass is 396 g/mol. The number of anilines is 2. The summed E-state index contributed by atoms with van der Waals surface area (Å²) < 4.78 is 7.20. The summed E-state index contributed by atoms with van der Waals surface area (Å²) in [5, 5.41) is 6.94. The number of hydrogen-bond donors (Lipinski definition) is 2. The van der Waals surface area contributed by atoms with Crippen molar-refractivity contribution in [3.63, 3.8) is 0 Å². The molecule has 0 radical (unpaired) electrons. The van der Waals surface area contributed by atoms with E-state index in [-0.39, 0.29) is 0 Å². The summed E-state index contributed by atoms with van der Waals surface area (Å²) >= 11 is 0. The number of ether oxygens (including phenoxy) is 1. The summed E-state index contributed by atoms with van der Waals surface area (Å²) in [6.07, 6.45) is 8.48. The largest absolute Gasteiger partial charge is 0.383 e. The van der Waals surface area contributed by atoms with Crippen molar-refractivity contribution >= 4 is 17.3 Å². The Morgan fingerprint density at radius 2 is 2.00 bits per heavy atom. The summed E-state index contributed by atoms with van der Waals surface area (Å²) in [5.74, 6) is 2.27. The summed E-state index contributed by atoms with van der Waals surface area (Å²) in [7, 11) is 1.69. The third-order valence-corrected chi connectivity index (χ3v) is 4.97. The summed E-state index contributed by atoms with van der Waals surface area (Å²) in [6.45, 7) is 7.80. The maximum Gasteiger partial charge on any atom is 0.182 e. The van der Waals surface area contributed by atoms with Crippen LogP contribution in [-0.4, -0.2) is 45.7 Å². The average molecular weight is 397 g/mol. The first-order chi connectivity index (χ1) is 14.1. The predicted molar refractivity (Wildman–Crippen MR) is 119 cm³/mol. The van der Waals surface area contributed by atoms with E-state index in [0.29, 0.717) is 25.0 Å². The fourth-order valence-corrected chi connectivity index (χ4v) is 3.30. The van der Waals surface area contributed by atoms with Gasteiger partial charge in [0, 0.05) is 32.0 Å². The standard InChI is InChI=1S/C22H32N6O/c1-5-7-8-17(6-2)25-20-13-19(23-11-12-29-4)26-22(27-20)18-14-24-21-10-9-16(3)15-28(18)21/h9-10,13-15,17H,5-8,11-12H2,1-4H3,(H2,23,25,26,27). The molecule has 0 fully saturated rings. The van der Waals surface area contributed by atoms with Crippen molar-refractivity contribution < 1.29 is 4.74 Å². The van der Waals surface area contributed by atoms with E-state index in [0.717, 1.165) is 41.4 Å². The number of nitrogens with one attached hydrogen (secondary N) is 2. The maximum absolute atomic E-state index is 5.16. The molecule has 0 aliphatic heterocycles. The van der Waals surface area contributed by atoms with Gasteiger partial charge in [-0.25, -0.2) is 15.0 Å². The third kappa shape index (κ3) is 5.44. The minimum Gasteiger partial charge on any atom is -0.383 e. The Kier molecular flexibility index (Phi) is 7.41. The van der Waals surface area contributed by atoms with Crippen LogP contribution in [0.5, 0.6) is 0 Å². The van der Waals surface area contributed by atoms with Crippen molar-refractivity contribution in [2.45, 2.75) is 52.5 Å². The topological polar surface area (TPSA) is 76.4 Å². The molecule has 0 spiro atoms. The number of aryl methyl sites for hydroxylation is 1. The molecule has 2 N–H and O–H groups in total. The Bertz CT molecular complexity index is 923. The van der Waals surface area contributed by atoms with Crippen LogP contribution in [-0.2, 0) is 4.74 Å². The molecule has 0 aliphatic rings. The van der Waals surface area contributed by atoms with E-state index in [9.17, 15) is 0 Å². The maximum atomic E-state index is 5.16. The smallest absolute Gasteiger partial charge is 0.182 e. The van der Waals surface area contributed by atoms with Crippen molar-refractivity contribution in [2.24, 2.45) is 0 Å². The molecule has 1 unspecified atom stereocenters. The fraction of sp³-hybridized carbons (Fsp3) is 0.500. The second kappa shape index (κ2) is 10.2. The molecule has 156 valence electrons. The van der Waals surface area contributed by atoms with Gasteiger partial charge in [-0.05, 0) is 31.4 Å². The van der Waals surface area contributed by atoms with Gasteiger partial charge in [0.05, 0.1) is 12.8 Å². The molecule has 1 atom stereocenters. The Balaban J connectivity index is 1.96. The van der Waals surface area contributed by atoms with Gasteiger partial charge in [0.2, 0.25) is 0 Å². The van der Waals surface area contributed by atoms with Crippen LogP contribution in [0, 0.1) is 6.92 Å². The van der Waals surface area contributed by atoms with Crippen LogP contribution in [0.1, 0.15) is 45.1 Å². The average Bonchev–Trinajstić information content (AvgIpc) is 3.14. The number of hydrogen-bond acceptors (Lipinski definition) is 6. The summed E-state index contributed by atoms with van der Waals surface area (Å²) in [6, 6.07) is 6.44. The van der Waals surface area contributed by atoms with Crippen LogP contribution >= 0.6 is 0 Å². The molecule has 0 amide bonds. The minimum atomic E-state index is 0.397. The van der Waals surface area contributed by atoms with Gasteiger partial charge in [0.15, 0.2) is 5.82 Å². The van der Waals surface area contributed by atoms with E-state index in [1.54, 1.807) is 7.11 Å². The molecule has 0 aliphatic carbocycles. The van der Waals surface area contributed by atoms with Gasteiger partial charge >= 0.3 is 0 Å².